The summed E-state index contributed by atoms with van der Waals surface area (Å²) in [5, 5.41) is 2.24. The van der Waals surface area contributed by atoms with Crippen molar-refractivity contribution >= 4 is 0 Å². The fraction of sp³-hybridized carbons (Fsp3) is 0.500. The van der Waals surface area contributed by atoms with Crippen LogP contribution in [0.25, 0.3) is 0 Å². The predicted octanol–water partition coefficient (Wildman–Crippen LogP) is 4.36. The van der Waals surface area contributed by atoms with Crippen molar-refractivity contribution in [3.8, 4) is 0 Å². The Kier molecular flexibility index (Phi) is 6.67. The molecule has 2 nitrogen and oxygen atoms in total. The number of nitrogens with two attached hydrogens (primary N) is 1. The molecule has 0 bridgehead atoms. The highest BCUT2D eigenvalue weighted by Gasteiger charge is 2.39. The number of hydrogen-bond acceptors (Lipinski definition) is 1. The second-order valence-electron chi connectivity index (χ2n) is 8.38. The van der Waals surface area contributed by atoms with Crippen LogP contribution < -0.4 is 5.32 Å². The SMILES string of the molecule is Cc1ccc([C@@]2(CC[NH2+]Cc3ccccc3F)CCO[C@H](C(C)C)C2)cc1. The summed E-state index contributed by atoms with van der Waals surface area (Å²) >= 11 is 0. The number of hydrogen-bond donors (Lipinski definition) is 1. The van der Waals surface area contributed by atoms with E-state index in [-0.39, 0.29) is 11.2 Å². The van der Waals surface area contributed by atoms with E-state index < -0.39 is 0 Å². The van der Waals surface area contributed by atoms with Crippen LogP contribution in [0.15, 0.2) is 48.5 Å². The zero-order valence-corrected chi connectivity index (χ0v) is 16.9. The smallest absolute Gasteiger partial charge is 0.132 e. The highest BCUT2D eigenvalue weighted by molar-refractivity contribution is 5.29. The first-order chi connectivity index (χ1) is 13.0. The van der Waals surface area contributed by atoms with Crippen LogP contribution in [0.1, 0.15) is 49.8 Å². The molecule has 3 rings (SSSR count). The molecule has 0 spiro atoms. The van der Waals surface area contributed by atoms with E-state index >= 15 is 0 Å². The fourth-order valence-corrected chi connectivity index (χ4v) is 4.22. The molecule has 2 aromatic rings. The molecule has 27 heavy (non-hydrogen) atoms. The molecule has 1 saturated heterocycles. The lowest BCUT2D eigenvalue weighted by Crippen LogP contribution is -2.83. The Balaban J connectivity index is 1.70. The van der Waals surface area contributed by atoms with Gasteiger partial charge in [-0.05, 0) is 37.3 Å². The summed E-state index contributed by atoms with van der Waals surface area (Å²) in [5.41, 5.74) is 3.68. The van der Waals surface area contributed by atoms with Crippen LogP contribution in [0.5, 0.6) is 0 Å². The van der Waals surface area contributed by atoms with E-state index in [1.807, 2.05) is 12.1 Å². The van der Waals surface area contributed by atoms with Gasteiger partial charge in [0.1, 0.15) is 12.4 Å². The lowest BCUT2D eigenvalue weighted by atomic mass is 9.68. The Morgan fingerprint density at radius 2 is 1.89 bits per heavy atom. The summed E-state index contributed by atoms with van der Waals surface area (Å²) in [6.45, 7) is 9.15. The Morgan fingerprint density at radius 1 is 1.15 bits per heavy atom. The first kappa shape index (κ1) is 20.0. The molecule has 1 fully saturated rings. The van der Waals surface area contributed by atoms with Crippen LogP contribution in [0.4, 0.5) is 4.39 Å². The third-order valence-electron chi connectivity index (χ3n) is 6.06. The molecular formula is C24H33FNO+. The van der Waals surface area contributed by atoms with Crippen molar-refractivity contribution in [1.29, 1.82) is 0 Å². The predicted molar refractivity (Wildman–Crippen MR) is 108 cm³/mol. The average Bonchev–Trinajstić information content (AvgIpc) is 2.67. The minimum Gasteiger partial charge on any atom is -0.378 e. The third-order valence-corrected chi connectivity index (χ3v) is 6.06. The molecular weight excluding hydrogens is 337 g/mol. The number of benzene rings is 2. The average molecular weight is 371 g/mol. The molecule has 1 heterocycles. The van der Waals surface area contributed by atoms with E-state index in [0.29, 0.717) is 18.6 Å². The Bertz CT molecular complexity index is 727. The van der Waals surface area contributed by atoms with Gasteiger partial charge in [-0.25, -0.2) is 4.39 Å². The highest BCUT2D eigenvalue weighted by atomic mass is 19.1. The first-order valence-corrected chi connectivity index (χ1v) is 10.2. The van der Waals surface area contributed by atoms with Crippen molar-refractivity contribution in [2.45, 2.75) is 58.1 Å². The van der Waals surface area contributed by atoms with Crippen LogP contribution in [0, 0.1) is 18.7 Å². The van der Waals surface area contributed by atoms with Gasteiger partial charge in [0.25, 0.3) is 0 Å². The summed E-state index contributed by atoms with van der Waals surface area (Å²) in [5.74, 6) is 0.422. The molecule has 2 N–H and O–H groups in total. The minimum atomic E-state index is -0.104. The lowest BCUT2D eigenvalue weighted by Gasteiger charge is -2.42. The highest BCUT2D eigenvalue weighted by Crippen LogP contribution is 2.41. The van der Waals surface area contributed by atoms with Gasteiger partial charge in [-0.2, -0.15) is 0 Å². The zero-order chi connectivity index (χ0) is 19.3. The van der Waals surface area contributed by atoms with E-state index in [1.165, 1.54) is 11.1 Å². The number of halogens is 1. The molecule has 0 amide bonds. The molecule has 3 heteroatoms. The third kappa shape index (κ3) is 4.97. The van der Waals surface area contributed by atoms with E-state index in [0.717, 1.165) is 38.0 Å². The Morgan fingerprint density at radius 3 is 2.59 bits per heavy atom. The number of aryl methyl sites for hydroxylation is 1. The van der Waals surface area contributed by atoms with E-state index in [9.17, 15) is 4.39 Å². The standard InChI is InChI=1S/C24H32FNO/c1-18(2)23-16-24(13-15-27-23,21-10-8-19(3)9-11-21)12-14-26-17-20-6-4-5-7-22(20)25/h4-11,18,23,26H,12-17H2,1-3H3/p+1/t23-,24-/m0/s1. The molecule has 2 aromatic carbocycles. The normalized spacial score (nSPS) is 22.9. The maximum atomic E-state index is 13.9. The summed E-state index contributed by atoms with van der Waals surface area (Å²) in [6, 6.07) is 16.1. The van der Waals surface area contributed by atoms with Gasteiger partial charge in [0.2, 0.25) is 0 Å². The molecule has 0 saturated carbocycles. The maximum Gasteiger partial charge on any atom is 0.132 e. The van der Waals surface area contributed by atoms with Crippen LogP contribution in [0.2, 0.25) is 0 Å². The van der Waals surface area contributed by atoms with Crippen molar-refractivity contribution in [2.24, 2.45) is 5.92 Å². The summed E-state index contributed by atoms with van der Waals surface area (Å²) in [4.78, 5) is 0. The fourth-order valence-electron chi connectivity index (χ4n) is 4.22. The number of ether oxygens (including phenoxy) is 1. The molecule has 2 atom stereocenters. The number of rotatable bonds is 7. The summed E-state index contributed by atoms with van der Waals surface area (Å²) in [6.07, 6.45) is 3.54. The van der Waals surface area contributed by atoms with E-state index in [1.54, 1.807) is 12.1 Å². The zero-order valence-electron chi connectivity index (χ0n) is 16.9. The van der Waals surface area contributed by atoms with E-state index in [2.05, 4.69) is 50.4 Å². The molecule has 1 aliphatic heterocycles. The van der Waals surface area contributed by atoms with Crippen molar-refractivity contribution in [2.75, 3.05) is 13.2 Å². The van der Waals surface area contributed by atoms with Gasteiger partial charge in [0.05, 0.1) is 12.6 Å². The van der Waals surface area contributed by atoms with Gasteiger partial charge in [0.15, 0.2) is 0 Å². The molecule has 0 radical (unpaired) electrons. The Labute approximate surface area is 163 Å². The second kappa shape index (κ2) is 8.99. The van der Waals surface area contributed by atoms with Crippen LogP contribution in [-0.4, -0.2) is 19.3 Å². The van der Waals surface area contributed by atoms with Gasteiger partial charge in [-0.15, -0.1) is 0 Å². The molecule has 0 unspecified atom stereocenters. The van der Waals surface area contributed by atoms with Crippen LogP contribution >= 0.6 is 0 Å². The van der Waals surface area contributed by atoms with E-state index in [4.69, 9.17) is 4.74 Å². The molecule has 0 aliphatic carbocycles. The van der Waals surface area contributed by atoms with Gasteiger partial charge in [-0.3, -0.25) is 0 Å². The quantitative estimate of drug-likeness (QED) is 0.720. The van der Waals surface area contributed by atoms with Crippen molar-refractivity contribution < 1.29 is 14.4 Å². The van der Waals surface area contributed by atoms with Gasteiger partial charge < -0.3 is 10.1 Å². The van der Waals surface area contributed by atoms with Gasteiger partial charge in [0, 0.05) is 24.0 Å². The number of quaternary nitrogens is 1. The van der Waals surface area contributed by atoms with Crippen LogP contribution in [-0.2, 0) is 16.7 Å². The van der Waals surface area contributed by atoms with Crippen molar-refractivity contribution in [3.63, 3.8) is 0 Å². The lowest BCUT2D eigenvalue weighted by molar-refractivity contribution is -0.672. The molecule has 146 valence electrons. The summed E-state index contributed by atoms with van der Waals surface area (Å²) < 4.78 is 19.9. The monoisotopic (exact) mass is 370 g/mol. The van der Waals surface area contributed by atoms with Gasteiger partial charge in [-0.1, -0.05) is 61.9 Å². The Hall–Kier alpha value is -1.71. The van der Waals surface area contributed by atoms with Crippen molar-refractivity contribution in [1.82, 2.24) is 0 Å². The summed E-state index contributed by atoms with van der Waals surface area (Å²) in [7, 11) is 0. The topological polar surface area (TPSA) is 25.8 Å². The van der Waals surface area contributed by atoms with Crippen LogP contribution in [0.3, 0.4) is 0 Å². The van der Waals surface area contributed by atoms with Gasteiger partial charge >= 0.3 is 0 Å². The molecule has 0 aromatic heterocycles. The second-order valence-corrected chi connectivity index (χ2v) is 8.38. The largest absolute Gasteiger partial charge is 0.378 e. The minimum absolute atomic E-state index is 0.104. The van der Waals surface area contributed by atoms with Crippen molar-refractivity contribution in [3.05, 3.63) is 71.0 Å². The maximum absolute atomic E-state index is 13.9. The first-order valence-electron chi connectivity index (χ1n) is 10.2. The molecule has 1 aliphatic rings.